The first-order valence-corrected chi connectivity index (χ1v) is 6.18. The Morgan fingerprint density at radius 1 is 1.47 bits per heavy atom. The zero-order chi connectivity index (χ0) is 10.5. The molecule has 1 aromatic heterocycles. The number of hydrogen-bond acceptors (Lipinski definition) is 3. The van der Waals surface area contributed by atoms with Gasteiger partial charge in [-0.15, -0.1) is 11.3 Å². The first-order chi connectivity index (χ1) is 7.36. The minimum Gasteiger partial charge on any atom is -0.448 e. The lowest BCUT2D eigenvalue weighted by Gasteiger charge is -2.11. The van der Waals surface area contributed by atoms with Crippen LogP contribution >= 0.6 is 11.3 Å². The minimum absolute atomic E-state index is 0.147. The number of carbonyl (C=O) groups excluding carboxylic acids is 1. The molecule has 0 bridgehead atoms. The number of hydrogen-bond donors (Lipinski definition) is 0. The number of thiophene rings is 1. The van der Waals surface area contributed by atoms with Gasteiger partial charge in [-0.05, 0) is 30.7 Å². The van der Waals surface area contributed by atoms with Crippen LogP contribution in [-0.2, 0) is 11.2 Å². The lowest BCUT2D eigenvalue weighted by Crippen LogP contribution is -2.25. The molecule has 0 radical (unpaired) electrons. The van der Waals surface area contributed by atoms with Crippen molar-refractivity contribution in [2.75, 3.05) is 19.7 Å². The maximum Gasteiger partial charge on any atom is 0.409 e. The molecule has 0 atom stereocenters. The number of amides is 1. The van der Waals surface area contributed by atoms with Crippen molar-refractivity contribution in [3.63, 3.8) is 0 Å². The van der Waals surface area contributed by atoms with E-state index < -0.39 is 0 Å². The molecule has 0 N–H and O–H groups in total. The first kappa shape index (κ1) is 10.5. The highest BCUT2D eigenvalue weighted by molar-refractivity contribution is 7.09. The average molecular weight is 225 g/mol. The van der Waals surface area contributed by atoms with E-state index in [1.54, 1.807) is 16.2 Å². The van der Waals surface area contributed by atoms with Crippen LogP contribution < -0.4 is 0 Å². The predicted octanol–water partition coefficient (Wildman–Crippen LogP) is 2.52. The third-order valence-corrected chi connectivity index (χ3v) is 3.46. The van der Waals surface area contributed by atoms with Crippen molar-refractivity contribution in [1.82, 2.24) is 4.90 Å². The van der Waals surface area contributed by atoms with E-state index in [0.29, 0.717) is 6.61 Å². The van der Waals surface area contributed by atoms with Crippen LogP contribution in [0.25, 0.3) is 0 Å². The number of rotatable bonds is 5. The van der Waals surface area contributed by atoms with Crippen LogP contribution in [0.2, 0.25) is 0 Å². The van der Waals surface area contributed by atoms with Gasteiger partial charge in [0.15, 0.2) is 0 Å². The van der Waals surface area contributed by atoms with Crippen molar-refractivity contribution >= 4 is 17.4 Å². The van der Waals surface area contributed by atoms with Gasteiger partial charge in [0.05, 0.1) is 6.54 Å². The number of ether oxygens (including phenoxy) is 1. The minimum atomic E-state index is -0.147. The van der Waals surface area contributed by atoms with Gasteiger partial charge in [-0.3, -0.25) is 0 Å². The van der Waals surface area contributed by atoms with Crippen molar-refractivity contribution in [2.24, 2.45) is 0 Å². The summed E-state index contributed by atoms with van der Waals surface area (Å²) in [6.07, 6.45) is 3.18. The van der Waals surface area contributed by atoms with Gasteiger partial charge in [0.25, 0.3) is 0 Å². The molecule has 1 aromatic rings. The Balaban J connectivity index is 1.61. The molecule has 1 fully saturated rings. The van der Waals surface area contributed by atoms with E-state index in [1.807, 2.05) is 0 Å². The summed E-state index contributed by atoms with van der Waals surface area (Å²) in [6.45, 7) is 2.16. The van der Waals surface area contributed by atoms with Crippen molar-refractivity contribution in [3.05, 3.63) is 22.4 Å². The maximum absolute atomic E-state index is 11.1. The summed E-state index contributed by atoms with van der Waals surface area (Å²) in [5.74, 6) is 0. The molecular weight excluding hydrogens is 210 g/mol. The number of carbonyl (C=O) groups is 1. The largest absolute Gasteiger partial charge is 0.448 e. The Bertz CT molecular complexity index is 310. The zero-order valence-electron chi connectivity index (χ0n) is 8.65. The molecule has 1 aliphatic rings. The van der Waals surface area contributed by atoms with Crippen LogP contribution in [-0.4, -0.2) is 30.7 Å². The van der Waals surface area contributed by atoms with Gasteiger partial charge in [-0.2, -0.15) is 0 Å². The number of aryl methyl sites for hydroxylation is 1. The molecule has 3 nitrogen and oxygen atoms in total. The monoisotopic (exact) mass is 225 g/mol. The maximum atomic E-state index is 11.1. The van der Waals surface area contributed by atoms with E-state index in [9.17, 15) is 4.79 Å². The highest BCUT2D eigenvalue weighted by atomic mass is 32.1. The summed E-state index contributed by atoms with van der Waals surface area (Å²) < 4.78 is 4.86. The summed E-state index contributed by atoms with van der Waals surface area (Å²) in [7, 11) is 0. The van der Waals surface area contributed by atoms with Gasteiger partial charge in [-0.1, -0.05) is 6.07 Å². The van der Waals surface area contributed by atoms with Gasteiger partial charge in [0.2, 0.25) is 0 Å². The highest BCUT2D eigenvalue weighted by Gasteiger charge is 2.20. The normalized spacial score (nSPS) is 15.7. The Kier molecular flexibility index (Phi) is 3.61. The third kappa shape index (κ3) is 2.96. The molecule has 1 amide bonds. The molecule has 15 heavy (non-hydrogen) atoms. The highest BCUT2D eigenvalue weighted by Crippen LogP contribution is 2.12. The summed E-state index contributed by atoms with van der Waals surface area (Å²) in [5, 5.41) is 2.10. The second kappa shape index (κ2) is 5.16. The number of nitrogens with zero attached hydrogens (tertiary/aromatic N) is 1. The summed E-state index contributed by atoms with van der Waals surface area (Å²) >= 11 is 1.80. The average Bonchev–Trinajstić information content (AvgIpc) is 2.85. The van der Waals surface area contributed by atoms with Gasteiger partial charge >= 0.3 is 6.09 Å². The quantitative estimate of drug-likeness (QED) is 0.721. The summed E-state index contributed by atoms with van der Waals surface area (Å²) in [6, 6.07) is 4.24. The fourth-order valence-corrected chi connectivity index (χ4v) is 2.44. The van der Waals surface area contributed by atoms with Crippen molar-refractivity contribution in [3.8, 4) is 0 Å². The Hall–Kier alpha value is -1.03. The molecular formula is C11H15NO2S. The molecule has 0 spiro atoms. The van der Waals surface area contributed by atoms with Crippen LogP contribution in [0, 0.1) is 0 Å². The van der Waals surface area contributed by atoms with Crippen molar-refractivity contribution < 1.29 is 9.53 Å². The fraction of sp³-hybridized carbons (Fsp3) is 0.545. The van der Waals surface area contributed by atoms with E-state index in [0.717, 1.165) is 32.4 Å². The van der Waals surface area contributed by atoms with Crippen LogP contribution in [0.5, 0.6) is 0 Å². The van der Waals surface area contributed by atoms with Gasteiger partial charge in [0, 0.05) is 11.4 Å². The smallest absolute Gasteiger partial charge is 0.409 e. The van der Waals surface area contributed by atoms with Gasteiger partial charge in [-0.25, -0.2) is 4.79 Å². The molecule has 0 aliphatic carbocycles. The number of cyclic esters (lactones) is 1. The van der Waals surface area contributed by atoms with Crippen LogP contribution in [0.1, 0.15) is 17.7 Å². The zero-order valence-corrected chi connectivity index (χ0v) is 9.46. The molecule has 4 heteroatoms. The summed E-state index contributed by atoms with van der Waals surface area (Å²) in [5.41, 5.74) is 0. The van der Waals surface area contributed by atoms with E-state index >= 15 is 0 Å². The Labute approximate surface area is 93.7 Å². The molecule has 2 rings (SSSR count). The van der Waals surface area contributed by atoms with Gasteiger partial charge in [0.1, 0.15) is 6.61 Å². The fourth-order valence-electron chi connectivity index (χ4n) is 1.69. The van der Waals surface area contributed by atoms with E-state index in [4.69, 9.17) is 4.74 Å². The lowest BCUT2D eigenvalue weighted by atomic mass is 10.2. The standard InChI is InChI=1S/C11H15NO2S/c13-11-12(7-8-14-11)6-2-1-4-10-5-3-9-15-10/h3,5,9H,1-2,4,6-8H2. The second-order valence-electron chi connectivity index (χ2n) is 3.64. The molecule has 0 aromatic carbocycles. The Morgan fingerprint density at radius 3 is 3.07 bits per heavy atom. The van der Waals surface area contributed by atoms with Gasteiger partial charge < -0.3 is 9.64 Å². The van der Waals surface area contributed by atoms with Crippen LogP contribution in [0.4, 0.5) is 4.79 Å². The Morgan fingerprint density at radius 2 is 2.40 bits per heavy atom. The van der Waals surface area contributed by atoms with Crippen LogP contribution in [0.3, 0.4) is 0 Å². The second-order valence-corrected chi connectivity index (χ2v) is 4.67. The SMILES string of the molecule is O=C1OCCN1CCCCc1cccs1. The molecule has 1 saturated heterocycles. The first-order valence-electron chi connectivity index (χ1n) is 5.30. The number of unbranched alkanes of at least 4 members (excludes halogenated alkanes) is 1. The third-order valence-electron chi connectivity index (χ3n) is 2.53. The molecule has 0 saturated carbocycles. The van der Waals surface area contributed by atoms with E-state index in [1.165, 1.54) is 4.88 Å². The topological polar surface area (TPSA) is 29.5 Å². The lowest BCUT2D eigenvalue weighted by molar-refractivity contribution is 0.158. The van der Waals surface area contributed by atoms with Crippen molar-refractivity contribution in [1.29, 1.82) is 0 Å². The predicted molar refractivity (Wildman–Crippen MR) is 60.2 cm³/mol. The molecule has 2 heterocycles. The molecule has 1 aliphatic heterocycles. The molecule has 82 valence electrons. The van der Waals surface area contributed by atoms with Crippen LogP contribution in [0.15, 0.2) is 17.5 Å². The van der Waals surface area contributed by atoms with E-state index in [2.05, 4.69) is 17.5 Å². The molecule has 0 unspecified atom stereocenters. The van der Waals surface area contributed by atoms with Crippen molar-refractivity contribution in [2.45, 2.75) is 19.3 Å². The van der Waals surface area contributed by atoms with E-state index in [-0.39, 0.29) is 6.09 Å². The summed E-state index contributed by atoms with van der Waals surface area (Å²) in [4.78, 5) is 14.3.